The molecule has 0 atom stereocenters. The molecule has 28 heavy (non-hydrogen) atoms. The Balaban J connectivity index is 1.61. The van der Waals surface area contributed by atoms with Gasteiger partial charge in [0.2, 0.25) is 0 Å². The Bertz CT molecular complexity index is 965. The summed E-state index contributed by atoms with van der Waals surface area (Å²) in [5.41, 5.74) is 1.66. The van der Waals surface area contributed by atoms with E-state index < -0.39 is 6.36 Å². The van der Waals surface area contributed by atoms with E-state index >= 15 is 0 Å². The van der Waals surface area contributed by atoms with E-state index in [1.807, 2.05) is 6.07 Å². The predicted octanol–water partition coefficient (Wildman–Crippen LogP) is 4.01. The first-order valence-electron chi connectivity index (χ1n) is 9.03. The second-order valence-corrected chi connectivity index (χ2v) is 6.86. The van der Waals surface area contributed by atoms with Crippen molar-refractivity contribution in [3.05, 3.63) is 42.6 Å². The normalized spacial score (nSPS) is 20.3. The number of imidazole rings is 1. The number of fused-ring (bicyclic) bond motifs is 1. The molecule has 0 amide bonds. The molecule has 2 aromatic heterocycles. The van der Waals surface area contributed by atoms with Crippen molar-refractivity contribution in [2.24, 2.45) is 0 Å². The summed E-state index contributed by atoms with van der Waals surface area (Å²) in [4.78, 5) is 4.27. The molecule has 0 bridgehead atoms. The molecule has 0 radical (unpaired) electrons. The number of ether oxygens (including phenoxy) is 1. The van der Waals surface area contributed by atoms with Crippen molar-refractivity contribution < 1.29 is 23.0 Å². The first-order valence-corrected chi connectivity index (χ1v) is 9.03. The number of nitrogens with one attached hydrogen (secondary N) is 1. The van der Waals surface area contributed by atoms with Crippen molar-refractivity contribution in [2.75, 3.05) is 5.32 Å². The fraction of sp³-hybridized carbons (Fsp3) is 0.368. The summed E-state index contributed by atoms with van der Waals surface area (Å²) < 4.78 is 43.1. The Morgan fingerprint density at radius 1 is 1.11 bits per heavy atom. The maximum Gasteiger partial charge on any atom is 0.573 e. The summed E-state index contributed by atoms with van der Waals surface area (Å²) in [6, 6.07) is 9.57. The van der Waals surface area contributed by atoms with Gasteiger partial charge in [-0.05, 0) is 49.9 Å². The number of hydrogen-bond acceptors (Lipinski definition) is 5. The molecule has 1 fully saturated rings. The lowest BCUT2D eigenvalue weighted by Crippen LogP contribution is -2.28. The van der Waals surface area contributed by atoms with E-state index in [1.54, 1.807) is 22.8 Å². The Morgan fingerprint density at radius 3 is 2.64 bits per heavy atom. The molecule has 2 N–H and O–H groups in total. The summed E-state index contributed by atoms with van der Waals surface area (Å²) >= 11 is 0. The molecule has 0 aliphatic heterocycles. The zero-order valence-corrected chi connectivity index (χ0v) is 14.9. The SMILES string of the molecule is O[C@H]1CC[C@@H](Nc2ccc3ncc(-c4cccc(OC(F)(F)F)c4)n3n2)CC1. The minimum absolute atomic E-state index is 0.226. The molecule has 6 nitrogen and oxygen atoms in total. The van der Waals surface area contributed by atoms with Crippen LogP contribution in [0.3, 0.4) is 0 Å². The van der Waals surface area contributed by atoms with Gasteiger partial charge < -0.3 is 15.2 Å². The molecule has 3 aromatic rings. The van der Waals surface area contributed by atoms with Crippen LogP contribution in [-0.4, -0.2) is 38.2 Å². The average molecular weight is 392 g/mol. The van der Waals surface area contributed by atoms with Gasteiger partial charge in [-0.2, -0.15) is 0 Å². The van der Waals surface area contributed by atoms with Crippen LogP contribution < -0.4 is 10.1 Å². The van der Waals surface area contributed by atoms with Crippen molar-refractivity contribution in [3.8, 4) is 17.0 Å². The maximum absolute atomic E-state index is 12.5. The highest BCUT2D eigenvalue weighted by Gasteiger charge is 2.31. The van der Waals surface area contributed by atoms with E-state index in [-0.39, 0.29) is 17.9 Å². The Kier molecular flexibility index (Phi) is 4.84. The van der Waals surface area contributed by atoms with Crippen LogP contribution in [0.1, 0.15) is 25.7 Å². The number of halogens is 3. The van der Waals surface area contributed by atoms with Crippen LogP contribution in [0.2, 0.25) is 0 Å². The smallest absolute Gasteiger partial charge is 0.406 e. The lowest BCUT2D eigenvalue weighted by molar-refractivity contribution is -0.274. The van der Waals surface area contributed by atoms with Gasteiger partial charge in [-0.25, -0.2) is 9.50 Å². The molecule has 148 valence electrons. The third kappa shape index (κ3) is 4.19. The highest BCUT2D eigenvalue weighted by molar-refractivity contribution is 5.65. The molecule has 0 spiro atoms. The topological polar surface area (TPSA) is 71.7 Å². The molecule has 9 heteroatoms. The number of aliphatic hydroxyl groups excluding tert-OH is 1. The van der Waals surface area contributed by atoms with E-state index in [0.717, 1.165) is 25.7 Å². The minimum atomic E-state index is -4.75. The zero-order chi connectivity index (χ0) is 19.7. The van der Waals surface area contributed by atoms with Gasteiger partial charge in [0.05, 0.1) is 18.0 Å². The highest BCUT2D eigenvalue weighted by atomic mass is 19.4. The molecule has 1 aliphatic carbocycles. The first-order chi connectivity index (χ1) is 13.4. The molecule has 1 saturated carbocycles. The van der Waals surface area contributed by atoms with Gasteiger partial charge in [-0.1, -0.05) is 12.1 Å². The summed E-state index contributed by atoms with van der Waals surface area (Å²) in [5, 5.41) is 17.5. The first kappa shape index (κ1) is 18.5. The number of benzene rings is 1. The highest BCUT2D eigenvalue weighted by Crippen LogP contribution is 2.29. The Labute approximate surface area is 159 Å². The number of aliphatic hydroxyl groups is 1. The van der Waals surface area contributed by atoms with Gasteiger partial charge in [0.1, 0.15) is 11.6 Å². The van der Waals surface area contributed by atoms with Gasteiger partial charge in [-0.15, -0.1) is 18.3 Å². The van der Waals surface area contributed by atoms with Crippen molar-refractivity contribution >= 4 is 11.5 Å². The van der Waals surface area contributed by atoms with Crippen LogP contribution in [0.15, 0.2) is 42.6 Å². The summed E-state index contributed by atoms with van der Waals surface area (Å²) in [6.07, 6.45) is -0.204. The van der Waals surface area contributed by atoms with E-state index in [1.165, 1.54) is 18.2 Å². The lowest BCUT2D eigenvalue weighted by atomic mass is 9.93. The number of hydrogen-bond donors (Lipinski definition) is 2. The second-order valence-electron chi connectivity index (χ2n) is 6.86. The summed E-state index contributed by atoms with van der Waals surface area (Å²) in [6.45, 7) is 0. The van der Waals surface area contributed by atoms with Crippen molar-refractivity contribution in [2.45, 2.75) is 44.2 Å². The fourth-order valence-electron chi connectivity index (χ4n) is 3.43. The number of rotatable bonds is 4. The molecule has 4 rings (SSSR count). The third-order valence-electron chi connectivity index (χ3n) is 4.77. The van der Waals surface area contributed by atoms with Crippen molar-refractivity contribution in [1.82, 2.24) is 14.6 Å². The second kappa shape index (κ2) is 7.31. The van der Waals surface area contributed by atoms with Gasteiger partial charge in [0.25, 0.3) is 0 Å². The quantitative estimate of drug-likeness (QED) is 0.702. The lowest BCUT2D eigenvalue weighted by Gasteiger charge is -2.26. The van der Waals surface area contributed by atoms with Crippen molar-refractivity contribution in [1.29, 1.82) is 0 Å². The molecular weight excluding hydrogens is 373 g/mol. The average Bonchev–Trinajstić information content (AvgIpc) is 3.06. The summed E-state index contributed by atoms with van der Waals surface area (Å²) in [7, 11) is 0. The molecule has 2 heterocycles. The Morgan fingerprint density at radius 2 is 1.89 bits per heavy atom. The van der Waals surface area contributed by atoms with Crippen molar-refractivity contribution in [3.63, 3.8) is 0 Å². The van der Waals surface area contributed by atoms with Gasteiger partial charge >= 0.3 is 6.36 Å². The van der Waals surface area contributed by atoms with Gasteiger partial charge in [-0.3, -0.25) is 0 Å². The molecule has 0 unspecified atom stereocenters. The molecular formula is C19H19F3N4O2. The zero-order valence-electron chi connectivity index (χ0n) is 14.9. The predicted molar refractivity (Wildman–Crippen MR) is 97.0 cm³/mol. The monoisotopic (exact) mass is 392 g/mol. The maximum atomic E-state index is 12.5. The Hall–Kier alpha value is -2.81. The molecule has 1 aliphatic rings. The van der Waals surface area contributed by atoms with Crippen LogP contribution in [-0.2, 0) is 0 Å². The van der Waals surface area contributed by atoms with E-state index in [9.17, 15) is 18.3 Å². The van der Waals surface area contributed by atoms with Gasteiger partial charge in [0.15, 0.2) is 5.65 Å². The van der Waals surface area contributed by atoms with E-state index in [4.69, 9.17) is 0 Å². The minimum Gasteiger partial charge on any atom is -0.406 e. The largest absolute Gasteiger partial charge is 0.573 e. The fourth-order valence-corrected chi connectivity index (χ4v) is 3.43. The van der Waals surface area contributed by atoms with E-state index in [2.05, 4.69) is 20.1 Å². The van der Waals surface area contributed by atoms with Crippen LogP contribution in [0.25, 0.3) is 16.9 Å². The standard InChI is InChI=1S/C19H19F3N4O2/c20-19(21,22)28-15-3-1-2-12(10-15)16-11-23-18-9-8-17(25-26(16)18)24-13-4-6-14(27)7-5-13/h1-3,8-11,13-14,27H,4-7H2,(H,24,25)/t13-,14+. The summed E-state index contributed by atoms with van der Waals surface area (Å²) in [5.74, 6) is 0.353. The number of nitrogens with zero attached hydrogens (tertiary/aromatic N) is 3. The van der Waals surface area contributed by atoms with Crippen LogP contribution in [0.5, 0.6) is 5.75 Å². The van der Waals surface area contributed by atoms with Gasteiger partial charge in [0, 0.05) is 11.6 Å². The van der Waals surface area contributed by atoms with E-state index in [0.29, 0.717) is 22.7 Å². The van der Waals surface area contributed by atoms with Crippen LogP contribution in [0.4, 0.5) is 19.0 Å². The molecule has 0 saturated heterocycles. The third-order valence-corrected chi connectivity index (χ3v) is 4.77. The molecule has 1 aromatic carbocycles. The number of alkyl halides is 3. The van der Waals surface area contributed by atoms with Crippen LogP contribution >= 0.6 is 0 Å². The number of aromatic nitrogens is 3. The number of anilines is 1. The van der Waals surface area contributed by atoms with Crippen LogP contribution in [0, 0.1) is 0 Å².